The van der Waals surface area contributed by atoms with Crippen molar-refractivity contribution >= 4 is 17.3 Å². The van der Waals surface area contributed by atoms with Crippen molar-refractivity contribution in [2.24, 2.45) is 7.05 Å². The van der Waals surface area contributed by atoms with Gasteiger partial charge in [-0.05, 0) is 37.5 Å². The molecule has 2 aromatic rings. The molecule has 0 saturated carbocycles. The molecule has 3 nitrogen and oxygen atoms in total. The first kappa shape index (κ1) is 12.5. The highest BCUT2D eigenvalue weighted by Crippen LogP contribution is 2.32. The number of aromatic nitrogens is 2. The first-order chi connectivity index (χ1) is 9.15. The molecule has 1 unspecified atom stereocenters. The predicted molar refractivity (Wildman–Crippen MR) is 73.9 cm³/mol. The van der Waals surface area contributed by atoms with E-state index in [1.807, 2.05) is 17.9 Å². The number of halogens is 2. The van der Waals surface area contributed by atoms with Gasteiger partial charge in [-0.3, -0.25) is 4.68 Å². The summed E-state index contributed by atoms with van der Waals surface area (Å²) >= 11 is 5.80. The molecule has 100 valence electrons. The molecule has 1 aromatic carbocycles. The number of benzene rings is 1. The van der Waals surface area contributed by atoms with Crippen LogP contribution in [0.2, 0.25) is 5.02 Å². The van der Waals surface area contributed by atoms with Gasteiger partial charge in [-0.1, -0.05) is 11.6 Å². The average molecular weight is 280 g/mol. The Hall–Kier alpha value is -1.55. The van der Waals surface area contributed by atoms with E-state index in [1.54, 1.807) is 12.1 Å². The summed E-state index contributed by atoms with van der Waals surface area (Å²) in [5, 5.41) is 7.87. The van der Waals surface area contributed by atoms with Crippen LogP contribution in [0.3, 0.4) is 0 Å². The van der Waals surface area contributed by atoms with Gasteiger partial charge in [-0.25, -0.2) is 4.39 Å². The molecule has 0 fully saturated rings. The van der Waals surface area contributed by atoms with E-state index in [1.165, 1.54) is 17.3 Å². The summed E-state index contributed by atoms with van der Waals surface area (Å²) in [4.78, 5) is 0. The monoisotopic (exact) mass is 279 g/mol. The summed E-state index contributed by atoms with van der Waals surface area (Å²) in [6, 6.07) is 4.95. The summed E-state index contributed by atoms with van der Waals surface area (Å²) in [5.41, 5.74) is 3.35. The van der Waals surface area contributed by atoms with Crippen molar-refractivity contribution < 1.29 is 4.39 Å². The molecule has 1 atom stereocenters. The minimum atomic E-state index is -0.391. The molecular weight excluding hydrogens is 265 g/mol. The van der Waals surface area contributed by atoms with Crippen molar-refractivity contribution in [3.63, 3.8) is 0 Å². The van der Waals surface area contributed by atoms with Crippen LogP contribution in [-0.2, 0) is 13.5 Å². The maximum absolute atomic E-state index is 13.1. The maximum atomic E-state index is 13.1. The molecule has 0 amide bonds. The fourth-order valence-electron chi connectivity index (χ4n) is 2.64. The number of nitrogens with zero attached hydrogens (tertiary/aromatic N) is 2. The molecular formula is C14H15ClFN3. The number of anilines is 1. The van der Waals surface area contributed by atoms with Gasteiger partial charge in [-0.15, -0.1) is 0 Å². The Kier molecular flexibility index (Phi) is 3.19. The molecule has 1 N–H and O–H groups in total. The molecule has 1 heterocycles. The number of nitrogens with one attached hydrogen (secondary N) is 1. The Balaban J connectivity index is 1.86. The predicted octanol–water partition coefficient (Wildman–Crippen LogP) is 3.70. The fraction of sp³-hybridized carbons (Fsp3) is 0.357. The molecule has 0 spiro atoms. The van der Waals surface area contributed by atoms with Crippen LogP contribution in [0.15, 0.2) is 24.4 Å². The second kappa shape index (κ2) is 4.85. The third-order valence-corrected chi connectivity index (χ3v) is 3.93. The maximum Gasteiger partial charge on any atom is 0.141 e. The Morgan fingerprint density at radius 3 is 3.11 bits per heavy atom. The van der Waals surface area contributed by atoms with Crippen LogP contribution in [0.4, 0.5) is 10.1 Å². The van der Waals surface area contributed by atoms with E-state index in [2.05, 4.69) is 10.4 Å². The molecule has 3 rings (SSSR count). The molecule has 0 saturated heterocycles. The molecule has 0 radical (unpaired) electrons. The Morgan fingerprint density at radius 1 is 1.47 bits per heavy atom. The second-order valence-corrected chi connectivity index (χ2v) is 5.30. The van der Waals surface area contributed by atoms with E-state index in [0.29, 0.717) is 0 Å². The summed E-state index contributed by atoms with van der Waals surface area (Å²) < 4.78 is 15.1. The zero-order valence-corrected chi connectivity index (χ0v) is 11.4. The number of hydrogen-bond acceptors (Lipinski definition) is 2. The van der Waals surface area contributed by atoms with Crippen LogP contribution in [-0.4, -0.2) is 9.78 Å². The molecule has 0 bridgehead atoms. The first-order valence-corrected chi connectivity index (χ1v) is 6.75. The van der Waals surface area contributed by atoms with Crippen molar-refractivity contribution in [3.8, 4) is 0 Å². The largest absolute Gasteiger partial charge is 0.378 e. The van der Waals surface area contributed by atoms with E-state index in [9.17, 15) is 4.39 Å². The van der Waals surface area contributed by atoms with E-state index in [0.717, 1.165) is 24.9 Å². The lowest BCUT2D eigenvalue weighted by molar-refractivity contribution is 0.571. The summed E-state index contributed by atoms with van der Waals surface area (Å²) in [6.45, 7) is 0. The van der Waals surface area contributed by atoms with Crippen molar-refractivity contribution in [3.05, 3.63) is 46.5 Å². The quantitative estimate of drug-likeness (QED) is 0.908. The van der Waals surface area contributed by atoms with Gasteiger partial charge in [0.1, 0.15) is 5.82 Å². The number of hydrogen-bond donors (Lipinski definition) is 1. The third kappa shape index (κ3) is 2.32. The Morgan fingerprint density at radius 2 is 2.32 bits per heavy atom. The zero-order valence-electron chi connectivity index (χ0n) is 10.7. The van der Waals surface area contributed by atoms with Gasteiger partial charge >= 0.3 is 0 Å². The van der Waals surface area contributed by atoms with Gasteiger partial charge < -0.3 is 5.32 Å². The molecule has 1 aliphatic rings. The highest BCUT2D eigenvalue weighted by atomic mass is 35.5. The standard InChI is InChI=1S/C14H15ClFN3/c1-19-14-4-2-3-13(10(14)8-17-19)18-9-5-6-12(16)11(15)7-9/h5-8,13,18H,2-4H2,1H3. The lowest BCUT2D eigenvalue weighted by Crippen LogP contribution is -2.17. The van der Waals surface area contributed by atoms with Crippen molar-refractivity contribution in [1.29, 1.82) is 0 Å². The van der Waals surface area contributed by atoms with Crippen LogP contribution >= 0.6 is 11.6 Å². The number of rotatable bonds is 2. The van der Waals surface area contributed by atoms with Gasteiger partial charge in [0.25, 0.3) is 0 Å². The first-order valence-electron chi connectivity index (χ1n) is 6.37. The van der Waals surface area contributed by atoms with Crippen LogP contribution < -0.4 is 5.32 Å². The van der Waals surface area contributed by atoms with Crippen molar-refractivity contribution in [2.75, 3.05) is 5.32 Å². The van der Waals surface area contributed by atoms with Crippen molar-refractivity contribution in [1.82, 2.24) is 9.78 Å². The normalized spacial score (nSPS) is 18.2. The lowest BCUT2D eigenvalue weighted by Gasteiger charge is -2.24. The number of fused-ring (bicyclic) bond motifs is 1. The van der Waals surface area contributed by atoms with Crippen molar-refractivity contribution in [2.45, 2.75) is 25.3 Å². The Bertz CT molecular complexity index is 609. The van der Waals surface area contributed by atoms with E-state index >= 15 is 0 Å². The highest BCUT2D eigenvalue weighted by molar-refractivity contribution is 6.31. The summed E-state index contributed by atoms with van der Waals surface area (Å²) in [6.07, 6.45) is 5.15. The summed E-state index contributed by atoms with van der Waals surface area (Å²) in [7, 11) is 1.97. The van der Waals surface area contributed by atoms with E-state index in [4.69, 9.17) is 11.6 Å². The zero-order chi connectivity index (χ0) is 13.4. The minimum absolute atomic E-state index is 0.146. The van der Waals surface area contributed by atoms with Crippen LogP contribution in [0.1, 0.15) is 30.1 Å². The van der Waals surface area contributed by atoms with Crippen LogP contribution in [0.5, 0.6) is 0 Å². The smallest absolute Gasteiger partial charge is 0.141 e. The van der Waals surface area contributed by atoms with E-state index < -0.39 is 5.82 Å². The van der Waals surface area contributed by atoms with Gasteiger partial charge in [-0.2, -0.15) is 5.10 Å². The van der Waals surface area contributed by atoms with Crippen LogP contribution in [0, 0.1) is 5.82 Å². The van der Waals surface area contributed by atoms with Gasteiger partial charge in [0.2, 0.25) is 0 Å². The summed E-state index contributed by atoms with van der Waals surface area (Å²) in [5.74, 6) is -0.391. The van der Waals surface area contributed by atoms with Gasteiger partial charge in [0, 0.05) is 24.0 Å². The SMILES string of the molecule is Cn1ncc2c1CCCC2Nc1ccc(F)c(Cl)c1. The molecule has 1 aliphatic carbocycles. The third-order valence-electron chi connectivity index (χ3n) is 3.64. The topological polar surface area (TPSA) is 29.9 Å². The Labute approximate surface area is 116 Å². The molecule has 1 aromatic heterocycles. The fourth-order valence-corrected chi connectivity index (χ4v) is 2.82. The van der Waals surface area contributed by atoms with Gasteiger partial charge in [0.05, 0.1) is 17.3 Å². The van der Waals surface area contributed by atoms with E-state index in [-0.39, 0.29) is 11.1 Å². The minimum Gasteiger partial charge on any atom is -0.378 e. The molecule has 0 aliphatic heterocycles. The number of aryl methyl sites for hydroxylation is 1. The molecule has 19 heavy (non-hydrogen) atoms. The average Bonchev–Trinajstić information content (AvgIpc) is 2.77. The lowest BCUT2D eigenvalue weighted by atomic mass is 9.93. The highest BCUT2D eigenvalue weighted by Gasteiger charge is 2.23. The van der Waals surface area contributed by atoms with Gasteiger partial charge in [0.15, 0.2) is 0 Å². The van der Waals surface area contributed by atoms with Crippen LogP contribution in [0.25, 0.3) is 0 Å². The second-order valence-electron chi connectivity index (χ2n) is 4.89. The molecule has 5 heteroatoms.